The van der Waals surface area contributed by atoms with Crippen molar-refractivity contribution >= 4 is 33.9 Å². The van der Waals surface area contributed by atoms with Crippen LogP contribution < -0.4 is 4.74 Å². The minimum atomic E-state index is -0.366. The Balaban J connectivity index is 0.00000110. The average Bonchev–Trinajstić information content (AvgIpc) is 2.38. The maximum Gasteiger partial charge on any atom is 0.202 e. The molecular formula is C14H17BrN2OS. The monoisotopic (exact) mass is 340 g/mol. The summed E-state index contributed by atoms with van der Waals surface area (Å²) in [5, 5.41) is 1.18. The van der Waals surface area contributed by atoms with Crippen LogP contribution in [0, 0.1) is 0 Å². The first kappa shape index (κ1) is 13.3. The quantitative estimate of drug-likeness (QED) is 0.721. The highest BCUT2D eigenvalue weighted by Gasteiger charge is 2.45. The lowest BCUT2D eigenvalue weighted by molar-refractivity contribution is 0.0244. The highest BCUT2D eigenvalue weighted by atomic mass is 79.9. The Kier molecular flexibility index (Phi) is 3.29. The summed E-state index contributed by atoms with van der Waals surface area (Å²) >= 11 is 1.87. The number of benzene rings is 1. The molecule has 3 heterocycles. The van der Waals surface area contributed by atoms with Gasteiger partial charge < -0.3 is 9.64 Å². The fourth-order valence-corrected chi connectivity index (χ4v) is 4.21. The van der Waals surface area contributed by atoms with Crippen molar-refractivity contribution in [3.63, 3.8) is 0 Å². The van der Waals surface area contributed by atoms with Gasteiger partial charge in [0, 0.05) is 24.3 Å². The predicted molar refractivity (Wildman–Crippen MR) is 84.4 cm³/mol. The molecule has 19 heavy (non-hydrogen) atoms. The van der Waals surface area contributed by atoms with Crippen LogP contribution in [0.2, 0.25) is 0 Å². The number of hydrogen-bond acceptors (Lipinski definition) is 4. The zero-order valence-corrected chi connectivity index (χ0v) is 13.4. The Bertz CT molecular complexity index is 536. The van der Waals surface area contributed by atoms with E-state index in [9.17, 15) is 0 Å². The van der Waals surface area contributed by atoms with Gasteiger partial charge in [-0.3, -0.25) is 0 Å². The van der Waals surface area contributed by atoms with Crippen LogP contribution in [0.25, 0.3) is 0 Å². The molecule has 1 aromatic carbocycles. The van der Waals surface area contributed by atoms with Gasteiger partial charge in [-0.05, 0) is 19.4 Å². The van der Waals surface area contributed by atoms with Gasteiger partial charge in [-0.1, -0.05) is 30.0 Å². The van der Waals surface area contributed by atoms with Crippen LogP contribution >= 0.6 is 28.7 Å². The Labute approximate surface area is 128 Å². The topological polar surface area (TPSA) is 24.8 Å². The number of aliphatic imine (C=N–C) groups is 1. The predicted octanol–water partition coefficient (Wildman–Crippen LogP) is 3.61. The van der Waals surface area contributed by atoms with Crippen LogP contribution in [-0.4, -0.2) is 28.1 Å². The van der Waals surface area contributed by atoms with E-state index in [-0.39, 0.29) is 22.7 Å². The zero-order chi connectivity index (χ0) is 12.2. The van der Waals surface area contributed by atoms with Crippen molar-refractivity contribution in [2.75, 3.05) is 12.3 Å². The van der Waals surface area contributed by atoms with Crippen molar-refractivity contribution in [1.82, 2.24) is 4.90 Å². The molecule has 4 rings (SSSR count). The van der Waals surface area contributed by atoms with E-state index in [4.69, 9.17) is 9.73 Å². The van der Waals surface area contributed by atoms with E-state index in [1.165, 1.54) is 22.9 Å². The normalized spacial score (nSPS) is 31.3. The van der Waals surface area contributed by atoms with Gasteiger partial charge in [0.15, 0.2) is 5.17 Å². The molecule has 3 aliphatic heterocycles. The summed E-state index contributed by atoms with van der Waals surface area (Å²) in [6.07, 6.45) is 2.22. The van der Waals surface area contributed by atoms with Crippen molar-refractivity contribution < 1.29 is 4.74 Å². The molecule has 0 saturated carbocycles. The number of rotatable bonds is 0. The molecule has 0 N–H and O–H groups in total. The summed E-state index contributed by atoms with van der Waals surface area (Å²) in [6.45, 7) is 3.23. The summed E-state index contributed by atoms with van der Waals surface area (Å²) < 4.78 is 6.11. The number of nitrogens with zero attached hydrogens (tertiary/aromatic N) is 2. The van der Waals surface area contributed by atoms with E-state index in [2.05, 4.69) is 30.0 Å². The first-order chi connectivity index (χ1) is 8.75. The molecular weight excluding hydrogens is 324 g/mol. The second kappa shape index (κ2) is 4.70. The van der Waals surface area contributed by atoms with E-state index in [1.54, 1.807) is 0 Å². The van der Waals surface area contributed by atoms with E-state index in [0.29, 0.717) is 6.04 Å². The lowest BCUT2D eigenvalue weighted by Crippen LogP contribution is -2.51. The third-order valence-corrected chi connectivity index (χ3v) is 4.99. The molecule has 1 aromatic rings. The number of fused-ring (bicyclic) bond motifs is 6. The number of amidine groups is 1. The molecule has 0 radical (unpaired) electrons. The fourth-order valence-electron chi connectivity index (χ4n) is 3.11. The lowest BCUT2D eigenvalue weighted by atomic mass is 9.91. The van der Waals surface area contributed by atoms with Crippen molar-refractivity contribution in [2.24, 2.45) is 4.99 Å². The van der Waals surface area contributed by atoms with Crippen LogP contribution in [0.5, 0.6) is 5.75 Å². The van der Waals surface area contributed by atoms with Crippen LogP contribution in [0.1, 0.15) is 31.4 Å². The van der Waals surface area contributed by atoms with Crippen LogP contribution in [0.4, 0.5) is 0 Å². The highest BCUT2D eigenvalue weighted by Crippen LogP contribution is 2.48. The molecule has 0 aliphatic carbocycles. The fraction of sp³-hybridized carbons (Fsp3) is 0.500. The van der Waals surface area contributed by atoms with Crippen LogP contribution in [-0.2, 0) is 0 Å². The second-order valence-electron chi connectivity index (χ2n) is 5.32. The van der Waals surface area contributed by atoms with E-state index < -0.39 is 0 Å². The summed E-state index contributed by atoms with van der Waals surface area (Å²) in [7, 11) is 0. The average molecular weight is 341 g/mol. The minimum absolute atomic E-state index is 0. The minimum Gasteiger partial charge on any atom is -0.466 e. The van der Waals surface area contributed by atoms with Gasteiger partial charge in [-0.2, -0.15) is 0 Å². The smallest absolute Gasteiger partial charge is 0.202 e. The van der Waals surface area contributed by atoms with Gasteiger partial charge in [0.1, 0.15) is 5.75 Å². The number of halogens is 1. The molecule has 2 atom stereocenters. The summed E-state index contributed by atoms with van der Waals surface area (Å²) in [5.74, 6) is 2.19. The zero-order valence-electron chi connectivity index (χ0n) is 10.8. The Morgan fingerprint density at radius 3 is 3.16 bits per heavy atom. The Hall–Kier alpha value is -0.680. The van der Waals surface area contributed by atoms with Gasteiger partial charge >= 0.3 is 0 Å². The third-order valence-electron chi connectivity index (χ3n) is 3.91. The van der Waals surface area contributed by atoms with Crippen molar-refractivity contribution in [3.8, 4) is 5.75 Å². The number of thioether (sulfide) groups is 1. The van der Waals surface area contributed by atoms with Crippen LogP contribution in [0.15, 0.2) is 29.3 Å². The molecule has 1 fully saturated rings. The molecule has 3 aliphatic rings. The standard InChI is InChI=1S/C14H16N2OS.BrH/c1-14-9-11(10-5-2-3-6-12(10)17-14)16-7-4-8-18-13(16)15-14;/h2-3,5-6,11H,4,7-9H2,1H3;1H/t11-,14-;/m0./s1. The van der Waals surface area contributed by atoms with Gasteiger partial charge in [0.25, 0.3) is 0 Å². The maximum absolute atomic E-state index is 6.11. The molecule has 0 spiro atoms. The largest absolute Gasteiger partial charge is 0.466 e. The number of hydrogen-bond donors (Lipinski definition) is 0. The van der Waals surface area contributed by atoms with Gasteiger partial charge in [0.05, 0.1) is 6.04 Å². The second-order valence-corrected chi connectivity index (χ2v) is 6.39. The Morgan fingerprint density at radius 1 is 1.42 bits per heavy atom. The summed E-state index contributed by atoms with van der Waals surface area (Å²) in [4.78, 5) is 7.31. The van der Waals surface area contributed by atoms with Gasteiger partial charge in [0.2, 0.25) is 5.72 Å². The van der Waals surface area contributed by atoms with Crippen LogP contribution in [0.3, 0.4) is 0 Å². The molecule has 0 unspecified atom stereocenters. The molecule has 2 bridgehead atoms. The maximum atomic E-state index is 6.11. The number of ether oxygens (including phenoxy) is 1. The highest BCUT2D eigenvalue weighted by molar-refractivity contribution is 8.93. The van der Waals surface area contributed by atoms with Crippen molar-refractivity contribution in [1.29, 1.82) is 0 Å². The van der Waals surface area contributed by atoms with E-state index in [1.807, 2.05) is 17.8 Å². The van der Waals surface area contributed by atoms with E-state index in [0.717, 1.165) is 18.7 Å². The van der Waals surface area contributed by atoms with Crippen molar-refractivity contribution in [3.05, 3.63) is 29.8 Å². The molecule has 3 nitrogen and oxygen atoms in total. The summed E-state index contributed by atoms with van der Waals surface area (Å²) in [6, 6.07) is 8.85. The summed E-state index contributed by atoms with van der Waals surface area (Å²) in [5.41, 5.74) is 0.958. The molecule has 102 valence electrons. The molecule has 0 amide bonds. The number of para-hydroxylation sites is 1. The molecule has 0 aromatic heterocycles. The molecule has 5 heteroatoms. The first-order valence-corrected chi connectivity index (χ1v) is 7.51. The molecule has 1 saturated heterocycles. The third kappa shape index (κ3) is 2.07. The van der Waals surface area contributed by atoms with Gasteiger partial charge in [-0.25, -0.2) is 4.99 Å². The lowest BCUT2D eigenvalue weighted by Gasteiger charge is -2.48. The van der Waals surface area contributed by atoms with E-state index >= 15 is 0 Å². The van der Waals surface area contributed by atoms with Gasteiger partial charge in [-0.15, -0.1) is 17.0 Å². The first-order valence-electron chi connectivity index (χ1n) is 6.52. The SMILES string of the molecule is Br.C[C@@]12C[C@@H](c3ccccc3O1)N1CCCSC1=N2. The Morgan fingerprint density at radius 2 is 2.26 bits per heavy atom. The van der Waals surface area contributed by atoms with Crippen molar-refractivity contribution in [2.45, 2.75) is 31.5 Å².